The first-order valence-corrected chi connectivity index (χ1v) is 7.30. The minimum atomic E-state index is -0.592. The number of nitrogens with one attached hydrogen (secondary N) is 1. The van der Waals surface area contributed by atoms with Gasteiger partial charge in [0.25, 0.3) is 5.91 Å². The average molecular weight is 320 g/mol. The van der Waals surface area contributed by atoms with Crippen molar-refractivity contribution in [1.82, 2.24) is 9.97 Å². The molecule has 0 spiro atoms. The molecule has 0 aliphatic heterocycles. The highest BCUT2D eigenvalue weighted by Gasteiger charge is 2.13. The Balaban J connectivity index is 1.98. The molecular weight excluding hydrogens is 304 g/mol. The van der Waals surface area contributed by atoms with E-state index in [9.17, 15) is 4.79 Å². The highest BCUT2D eigenvalue weighted by atomic mass is 16.5. The molecule has 0 unspecified atom stereocenters. The van der Waals surface area contributed by atoms with Crippen molar-refractivity contribution in [2.24, 2.45) is 5.73 Å². The molecule has 0 bridgehead atoms. The molecular formula is C18H16N4O2. The van der Waals surface area contributed by atoms with Crippen molar-refractivity contribution in [2.75, 3.05) is 12.4 Å². The third kappa shape index (κ3) is 3.33. The van der Waals surface area contributed by atoms with Gasteiger partial charge < -0.3 is 15.8 Å². The van der Waals surface area contributed by atoms with E-state index in [2.05, 4.69) is 15.3 Å². The number of hydrogen-bond acceptors (Lipinski definition) is 5. The maximum atomic E-state index is 11.6. The number of anilines is 2. The third-order valence-electron chi connectivity index (χ3n) is 3.44. The minimum absolute atomic E-state index is 0.227. The summed E-state index contributed by atoms with van der Waals surface area (Å²) in [6.45, 7) is 0. The van der Waals surface area contributed by atoms with Gasteiger partial charge in [-0.05, 0) is 24.3 Å². The normalized spacial score (nSPS) is 10.2. The van der Waals surface area contributed by atoms with Crippen LogP contribution in [0.2, 0.25) is 0 Å². The molecule has 3 rings (SSSR count). The molecule has 0 aliphatic rings. The van der Waals surface area contributed by atoms with Crippen molar-refractivity contribution >= 4 is 17.4 Å². The number of methoxy groups -OCH3 is 1. The van der Waals surface area contributed by atoms with E-state index in [0.29, 0.717) is 11.6 Å². The Morgan fingerprint density at radius 2 is 1.79 bits per heavy atom. The second-order valence-corrected chi connectivity index (χ2v) is 5.04. The predicted molar refractivity (Wildman–Crippen MR) is 92.3 cm³/mol. The number of hydrogen-bond donors (Lipinski definition) is 2. The molecule has 0 saturated carbocycles. The molecule has 2 aromatic carbocycles. The first kappa shape index (κ1) is 15.5. The Morgan fingerprint density at radius 3 is 2.42 bits per heavy atom. The first-order chi connectivity index (χ1) is 11.7. The summed E-state index contributed by atoms with van der Waals surface area (Å²) in [5, 5.41) is 3.11. The van der Waals surface area contributed by atoms with Crippen LogP contribution in [0.5, 0.6) is 5.75 Å². The Kier molecular flexibility index (Phi) is 4.38. The van der Waals surface area contributed by atoms with Crippen LogP contribution in [0.1, 0.15) is 10.4 Å². The van der Waals surface area contributed by atoms with Crippen LogP contribution in [-0.2, 0) is 0 Å². The largest absolute Gasteiger partial charge is 0.497 e. The monoisotopic (exact) mass is 320 g/mol. The summed E-state index contributed by atoms with van der Waals surface area (Å²) < 4.78 is 5.13. The molecule has 6 heteroatoms. The highest BCUT2D eigenvalue weighted by molar-refractivity contribution is 5.98. The van der Waals surface area contributed by atoms with Crippen molar-refractivity contribution in [3.05, 3.63) is 66.4 Å². The smallest absolute Gasteiger partial charge is 0.254 e. The number of amides is 1. The number of aromatic nitrogens is 2. The van der Waals surface area contributed by atoms with Gasteiger partial charge in [-0.2, -0.15) is 0 Å². The van der Waals surface area contributed by atoms with Crippen LogP contribution in [-0.4, -0.2) is 23.0 Å². The van der Waals surface area contributed by atoms with Crippen LogP contribution >= 0.6 is 0 Å². The average Bonchev–Trinajstić information content (AvgIpc) is 2.63. The van der Waals surface area contributed by atoms with Crippen molar-refractivity contribution < 1.29 is 9.53 Å². The lowest BCUT2D eigenvalue weighted by atomic mass is 10.2. The summed E-state index contributed by atoms with van der Waals surface area (Å²) in [4.78, 5) is 20.3. The summed E-state index contributed by atoms with van der Waals surface area (Å²) in [6.07, 6.45) is 1.43. The quantitative estimate of drug-likeness (QED) is 0.754. The molecule has 0 fully saturated rings. The zero-order chi connectivity index (χ0) is 16.9. The standard InChI is InChI=1S/C18H16N4O2/c1-24-14-9-7-13(8-10-14)21-18-15(16(19)23)11-20-17(22-18)12-5-3-2-4-6-12/h2-11H,1H3,(H2,19,23)(H,20,21,22). The molecule has 0 radical (unpaired) electrons. The number of nitrogens with zero attached hydrogens (tertiary/aromatic N) is 2. The minimum Gasteiger partial charge on any atom is -0.497 e. The molecule has 1 heterocycles. The lowest BCUT2D eigenvalue weighted by Crippen LogP contribution is -2.15. The second-order valence-electron chi connectivity index (χ2n) is 5.04. The second kappa shape index (κ2) is 6.78. The van der Waals surface area contributed by atoms with E-state index in [1.165, 1.54) is 6.20 Å². The lowest BCUT2D eigenvalue weighted by molar-refractivity contribution is 0.100. The van der Waals surface area contributed by atoms with E-state index in [1.54, 1.807) is 7.11 Å². The van der Waals surface area contributed by atoms with Crippen molar-refractivity contribution in [3.63, 3.8) is 0 Å². The van der Waals surface area contributed by atoms with Crippen LogP contribution in [0.3, 0.4) is 0 Å². The molecule has 3 N–H and O–H groups in total. The van der Waals surface area contributed by atoms with E-state index < -0.39 is 5.91 Å². The maximum absolute atomic E-state index is 11.6. The van der Waals surface area contributed by atoms with E-state index >= 15 is 0 Å². The first-order valence-electron chi connectivity index (χ1n) is 7.30. The molecule has 0 atom stereocenters. The SMILES string of the molecule is COc1ccc(Nc2nc(-c3ccccc3)ncc2C(N)=O)cc1. The van der Waals surface area contributed by atoms with E-state index in [1.807, 2.05) is 54.6 Å². The molecule has 0 aliphatic carbocycles. The summed E-state index contributed by atoms with van der Waals surface area (Å²) in [5.74, 6) is 1.02. The van der Waals surface area contributed by atoms with Gasteiger partial charge in [-0.25, -0.2) is 9.97 Å². The number of rotatable bonds is 5. The fourth-order valence-electron chi connectivity index (χ4n) is 2.19. The van der Waals surface area contributed by atoms with Crippen LogP contribution in [0, 0.1) is 0 Å². The van der Waals surface area contributed by atoms with Crippen LogP contribution in [0.25, 0.3) is 11.4 Å². The summed E-state index contributed by atoms with van der Waals surface area (Å²) >= 11 is 0. The Hall–Kier alpha value is -3.41. The Morgan fingerprint density at radius 1 is 1.08 bits per heavy atom. The summed E-state index contributed by atoms with van der Waals surface area (Å²) in [6, 6.07) is 16.8. The number of benzene rings is 2. The van der Waals surface area contributed by atoms with Crippen LogP contribution in [0.15, 0.2) is 60.8 Å². The van der Waals surface area contributed by atoms with Crippen molar-refractivity contribution in [3.8, 4) is 17.1 Å². The van der Waals surface area contributed by atoms with Gasteiger partial charge >= 0.3 is 0 Å². The van der Waals surface area contributed by atoms with Gasteiger partial charge in [-0.15, -0.1) is 0 Å². The number of primary amides is 1. The fraction of sp³-hybridized carbons (Fsp3) is 0.0556. The van der Waals surface area contributed by atoms with E-state index in [0.717, 1.165) is 17.0 Å². The molecule has 24 heavy (non-hydrogen) atoms. The number of nitrogens with two attached hydrogens (primary N) is 1. The Labute approximate surface area is 139 Å². The van der Waals surface area contributed by atoms with Gasteiger partial charge in [0.15, 0.2) is 5.82 Å². The summed E-state index contributed by atoms with van der Waals surface area (Å²) in [7, 11) is 1.60. The van der Waals surface area contributed by atoms with E-state index in [4.69, 9.17) is 10.5 Å². The molecule has 3 aromatic rings. The van der Waals surface area contributed by atoms with Gasteiger partial charge in [0.1, 0.15) is 17.1 Å². The van der Waals surface area contributed by atoms with Gasteiger partial charge in [-0.1, -0.05) is 30.3 Å². The summed E-state index contributed by atoms with van der Waals surface area (Å²) in [5.41, 5.74) is 7.26. The van der Waals surface area contributed by atoms with Crippen molar-refractivity contribution in [2.45, 2.75) is 0 Å². The van der Waals surface area contributed by atoms with Gasteiger partial charge in [0.05, 0.1) is 7.11 Å². The highest BCUT2D eigenvalue weighted by Crippen LogP contribution is 2.23. The molecule has 1 amide bonds. The maximum Gasteiger partial charge on any atom is 0.254 e. The number of ether oxygens (including phenoxy) is 1. The topological polar surface area (TPSA) is 90.1 Å². The Bertz CT molecular complexity index is 849. The predicted octanol–water partition coefficient (Wildman–Crippen LogP) is 2.99. The van der Waals surface area contributed by atoms with Crippen molar-refractivity contribution in [1.29, 1.82) is 0 Å². The number of carbonyl (C=O) groups is 1. The lowest BCUT2D eigenvalue weighted by Gasteiger charge is -2.11. The third-order valence-corrected chi connectivity index (χ3v) is 3.44. The van der Waals surface area contributed by atoms with Gasteiger partial charge in [0.2, 0.25) is 0 Å². The van der Waals surface area contributed by atoms with Gasteiger partial charge in [0, 0.05) is 17.4 Å². The molecule has 6 nitrogen and oxygen atoms in total. The zero-order valence-corrected chi connectivity index (χ0v) is 13.1. The van der Waals surface area contributed by atoms with Crippen LogP contribution < -0.4 is 15.8 Å². The van der Waals surface area contributed by atoms with Gasteiger partial charge in [-0.3, -0.25) is 4.79 Å². The zero-order valence-electron chi connectivity index (χ0n) is 13.1. The fourth-order valence-corrected chi connectivity index (χ4v) is 2.19. The molecule has 120 valence electrons. The molecule has 0 saturated heterocycles. The van der Waals surface area contributed by atoms with E-state index in [-0.39, 0.29) is 5.56 Å². The van der Waals surface area contributed by atoms with Crippen LogP contribution in [0.4, 0.5) is 11.5 Å². The number of carbonyl (C=O) groups excluding carboxylic acids is 1. The molecule has 1 aromatic heterocycles.